The Kier molecular flexibility index (Phi) is 3.78. The lowest BCUT2D eigenvalue weighted by Gasteiger charge is -2.24. The number of aromatic carboxylic acids is 1. The summed E-state index contributed by atoms with van der Waals surface area (Å²) in [4.78, 5) is 23.1. The molecule has 0 spiro atoms. The molecule has 0 aliphatic heterocycles. The molecule has 0 aromatic carbocycles. The number of amides is 1. The van der Waals surface area contributed by atoms with Crippen LogP contribution in [-0.2, 0) is 11.3 Å². The third-order valence-electron chi connectivity index (χ3n) is 3.60. The number of aromatic nitrogens is 3. The van der Waals surface area contributed by atoms with Gasteiger partial charge in [-0.05, 0) is 33.1 Å². The van der Waals surface area contributed by atoms with Gasteiger partial charge in [0.1, 0.15) is 6.54 Å². The van der Waals surface area contributed by atoms with Crippen molar-refractivity contribution in [3.05, 3.63) is 11.4 Å². The van der Waals surface area contributed by atoms with Gasteiger partial charge in [-0.15, -0.1) is 5.10 Å². The van der Waals surface area contributed by atoms with Crippen molar-refractivity contribution in [3.8, 4) is 0 Å². The first-order valence-electron chi connectivity index (χ1n) is 6.81. The molecule has 7 heteroatoms. The lowest BCUT2D eigenvalue weighted by molar-refractivity contribution is -0.123. The molecule has 20 heavy (non-hydrogen) atoms. The van der Waals surface area contributed by atoms with Crippen molar-refractivity contribution in [2.75, 3.05) is 0 Å². The molecule has 2 N–H and O–H groups in total. The molecule has 0 saturated heterocycles. The van der Waals surface area contributed by atoms with Crippen LogP contribution in [0.5, 0.6) is 0 Å². The van der Waals surface area contributed by atoms with Gasteiger partial charge in [0.2, 0.25) is 5.91 Å². The van der Waals surface area contributed by atoms with E-state index < -0.39 is 5.97 Å². The molecule has 1 amide bonds. The lowest BCUT2D eigenvalue weighted by atomic mass is 10.0. The summed E-state index contributed by atoms with van der Waals surface area (Å²) in [5.74, 6) is -1.10. The highest BCUT2D eigenvalue weighted by atomic mass is 16.4. The third kappa shape index (κ3) is 3.15. The van der Waals surface area contributed by atoms with Gasteiger partial charge in [-0.3, -0.25) is 4.79 Å². The Labute approximate surface area is 117 Å². The summed E-state index contributed by atoms with van der Waals surface area (Å²) in [5, 5.41) is 19.5. The van der Waals surface area contributed by atoms with E-state index in [4.69, 9.17) is 5.11 Å². The maximum atomic E-state index is 12.0. The van der Waals surface area contributed by atoms with E-state index in [2.05, 4.69) is 15.6 Å². The molecule has 1 saturated carbocycles. The van der Waals surface area contributed by atoms with E-state index in [0.29, 0.717) is 5.69 Å². The first kappa shape index (κ1) is 14.5. The summed E-state index contributed by atoms with van der Waals surface area (Å²) in [6, 6.07) is 0. The fraction of sp³-hybridized carbons (Fsp3) is 0.692. The van der Waals surface area contributed by atoms with Gasteiger partial charge in [0.05, 0.1) is 5.69 Å². The number of carboxylic acids is 1. The summed E-state index contributed by atoms with van der Waals surface area (Å²) in [6.07, 6.45) is 2.66. The minimum absolute atomic E-state index is 0.00947. The summed E-state index contributed by atoms with van der Waals surface area (Å²) in [6.45, 7) is 5.89. The van der Waals surface area contributed by atoms with Crippen LogP contribution in [0.2, 0.25) is 0 Å². The molecule has 7 nitrogen and oxygen atoms in total. The minimum atomic E-state index is -1.09. The third-order valence-corrected chi connectivity index (χ3v) is 3.60. The van der Waals surface area contributed by atoms with E-state index in [1.807, 2.05) is 20.8 Å². The van der Waals surface area contributed by atoms with Gasteiger partial charge in [0, 0.05) is 11.5 Å². The number of nitrogens with one attached hydrogen (secondary N) is 1. The number of carboxylic acid groups (broad SMARTS) is 1. The highest BCUT2D eigenvalue weighted by Gasteiger charge is 2.34. The van der Waals surface area contributed by atoms with Gasteiger partial charge in [-0.1, -0.05) is 12.1 Å². The highest BCUT2D eigenvalue weighted by Crippen LogP contribution is 2.41. The van der Waals surface area contributed by atoms with E-state index >= 15 is 0 Å². The molecule has 0 radical (unpaired) electrons. The highest BCUT2D eigenvalue weighted by molar-refractivity contribution is 5.87. The number of nitrogens with zero attached hydrogens (tertiary/aromatic N) is 3. The molecule has 0 unspecified atom stereocenters. The molecule has 1 aromatic rings. The van der Waals surface area contributed by atoms with E-state index in [-0.39, 0.29) is 29.6 Å². The maximum absolute atomic E-state index is 12.0. The Bertz CT molecular complexity index is 532. The van der Waals surface area contributed by atoms with Crippen molar-refractivity contribution in [2.45, 2.75) is 58.0 Å². The van der Waals surface area contributed by atoms with E-state index in [0.717, 1.165) is 19.3 Å². The van der Waals surface area contributed by atoms with Crippen LogP contribution in [0.25, 0.3) is 0 Å². The molecule has 0 bridgehead atoms. The van der Waals surface area contributed by atoms with Crippen LogP contribution in [0.15, 0.2) is 0 Å². The molecule has 1 aliphatic carbocycles. The average molecular weight is 280 g/mol. The lowest BCUT2D eigenvalue weighted by Crippen LogP contribution is -2.44. The average Bonchev–Trinajstić information content (AvgIpc) is 3.10. The molecule has 1 heterocycles. The van der Waals surface area contributed by atoms with E-state index in [9.17, 15) is 9.59 Å². The van der Waals surface area contributed by atoms with Crippen LogP contribution in [0.3, 0.4) is 0 Å². The predicted octanol–water partition coefficient (Wildman–Crippen LogP) is 1.16. The Morgan fingerprint density at radius 3 is 2.60 bits per heavy atom. The van der Waals surface area contributed by atoms with Gasteiger partial charge in [0.25, 0.3) is 0 Å². The number of rotatable bonds is 6. The molecular weight excluding hydrogens is 260 g/mol. The SMILES string of the molecule is CCC(C)(C)NC(=O)Cn1nnc(C(=O)O)c1C1CC1. The molecule has 1 aliphatic rings. The molecule has 2 rings (SSSR count). The molecule has 110 valence electrons. The van der Waals surface area contributed by atoms with Gasteiger partial charge < -0.3 is 10.4 Å². The van der Waals surface area contributed by atoms with Crippen LogP contribution in [0.4, 0.5) is 0 Å². The van der Waals surface area contributed by atoms with Crippen LogP contribution in [0.1, 0.15) is 62.1 Å². The van der Waals surface area contributed by atoms with Crippen molar-refractivity contribution in [1.29, 1.82) is 0 Å². The summed E-state index contributed by atoms with van der Waals surface area (Å²) < 4.78 is 1.42. The fourth-order valence-corrected chi connectivity index (χ4v) is 1.99. The first-order valence-corrected chi connectivity index (χ1v) is 6.81. The zero-order chi connectivity index (χ0) is 14.9. The fourth-order valence-electron chi connectivity index (χ4n) is 1.99. The standard InChI is InChI=1S/C13H20N4O3/c1-4-13(2,3)14-9(18)7-17-11(8-5-6-8)10(12(19)20)15-16-17/h8H,4-7H2,1-3H3,(H,14,18)(H,19,20). The smallest absolute Gasteiger partial charge is 0.358 e. The van der Waals surface area contributed by atoms with Crippen LogP contribution >= 0.6 is 0 Å². The van der Waals surface area contributed by atoms with Crippen molar-refractivity contribution < 1.29 is 14.7 Å². The van der Waals surface area contributed by atoms with Crippen molar-refractivity contribution >= 4 is 11.9 Å². The molecule has 1 fully saturated rings. The Hall–Kier alpha value is -1.92. The largest absolute Gasteiger partial charge is 0.476 e. The molecule has 0 atom stereocenters. The molecular formula is C13H20N4O3. The predicted molar refractivity (Wildman–Crippen MR) is 71.5 cm³/mol. The topological polar surface area (TPSA) is 97.1 Å². The number of hydrogen-bond acceptors (Lipinski definition) is 4. The Morgan fingerprint density at radius 2 is 2.10 bits per heavy atom. The second-order valence-corrected chi connectivity index (χ2v) is 5.85. The van der Waals surface area contributed by atoms with E-state index in [1.165, 1.54) is 4.68 Å². The number of carbonyl (C=O) groups is 2. The number of hydrogen-bond donors (Lipinski definition) is 2. The van der Waals surface area contributed by atoms with E-state index in [1.54, 1.807) is 0 Å². The first-order chi connectivity index (χ1) is 9.34. The van der Waals surface area contributed by atoms with Gasteiger partial charge in [-0.25, -0.2) is 9.48 Å². The van der Waals surface area contributed by atoms with Crippen LogP contribution < -0.4 is 5.32 Å². The van der Waals surface area contributed by atoms with Gasteiger partial charge in [-0.2, -0.15) is 0 Å². The molecule has 1 aromatic heterocycles. The zero-order valence-corrected chi connectivity index (χ0v) is 12.0. The monoisotopic (exact) mass is 280 g/mol. The zero-order valence-electron chi connectivity index (χ0n) is 12.0. The summed E-state index contributed by atoms with van der Waals surface area (Å²) in [7, 11) is 0. The van der Waals surface area contributed by atoms with Crippen LogP contribution in [0, 0.1) is 0 Å². The van der Waals surface area contributed by atoms with Crippen molar-refractivity contribution in [2.24, 2.45) is 0 Å². The maximum Gasteiger partial charge on any atom is 0.358 e. The quantitative estimate of drug-likeness (QED) is 0.815. The summed E-state index contributed by atoms with van der Waals surface area (Å²) >= 11 is 0. The van der Waals surface area contributed by atoms with Crippen molar-refractivity contribution in [3.63, 3.8) is 0 Å². The second-order valence-electron chi connectivity index (χ2n) is 5.85. The van der Waals surface area contributed by atoms with Gasteiger partial charge >= 0.3 is 5.97 Å². The van der Waals surface area contributed by atoms with Crippen molar-refractivity contribution in [1.82, 2.24) is 20.3 Å². The second kappa shape index (κ2) is 5.22. The summed E-state index contributed by atoms with van der Waals surface area (Å²) in [5.41, 5.74) is 0.254. The van der Waals surface area contributed by atoms with Crippen LogP contribution in [-0.4, -0.2) is 37.5 Å². The Morgan fingerprint density at radius 1 is 1.45 bits per heavy atom. The number of carbonyl (C=O) groups excluding carboxylic acids is 1. The normalized spacial score (nSPS) is 15.2. The van der Waals surface area contributed by atoms with Gasteiger partial charge in [0.15, 0.2) is 5.69 Å². The Balaban J connectivity index is 2.14. The minimum Gasteiger partial charge on any atom is -0.476 e.